The summed E-state index contributed by atoms with van der Waals surface area (Å²) in [6, 6.07) is 16.5. The quantitative estimate of drug-likeness (QED) is 0.294. The van der Waals surface area contributed by atoms with Crippen molar-refractivity contribution in [1.29, 1.82) is 0 Å². The van der Waals surface area contributed by atoms with E-state index in [4.69, 9.17) is 4.74 Å². The van der Waals surface area contributed by atoms with Crippen LogP contribution in [0.15, 0.2) is 71.9 Å². The maximum atomic E-state index is 12.8. The van der Waals surface area contributed by atoms with Gasteiger partial charge in [-0.3, -0.25) is 5.10 Å². The minimum atomic E-state index is -3.96. The monoisotopic (exact) mass is 507 g/mol. The maximum absolute atomic E-state index is 12.8. The van der Waals surface area contributed by atoms with Gasteiger partial charge >= 0.3 is 0 Å². The van der Waals surface area contributed by atoms with E-state index in [-0.39, 0.29) is 16.7 Å². The van der Waals surface area contributed by atoms with Crippen molar-refractivity contribution in [2.24, 2.45) is 5.92 Å². The van der Waals surface area contributed by atoms with Gasteiger partial charge in [-0.1, -0.05) is 50.2 Å². The lowest BCUT2D eigenvalue weighted by Gasteiger charge is -2.18. The van der Waals surface area contributed by atoms with Gasteiger partial charge in [-0.25, -0.2) is 18.1 Å². The fourth-order valence-electron chi connectivity index (χ4n) is 3.67. The molecule has 2 aromatic heterocycles. The molecule has 0 bridgehead atoms. The summed E-state index contributed by atoms with van der Waals surface area (Å²) in [5, 5.41) is 16.4. The van der Waals surface area contributed by atoms with Gasteiger partial charge in [-0.2, -0.15) is 10.1 Å². The smallest absolute Gasteiger partial charge is 0.267 e. The second-order valence-corrected chi connectivity index (χ2v) is 11.1. The molecule has 4 aromatic rings. The molecule has 0 spiro atoms. The molecule has 4 rings (SSSR count). The number of nitrogens with one attached hydrogen (secondary N) is 2. The van der Waals surface area contributed by atoms with Crippen molar-refractivity contribution in [2.75, 3.05) is 4.72 Å². The molecule has 0 aliphatic rings. The fraction of sp³-hybridized carbons (Fsp3) is 0.269. The van der Waals surface area contributed by atoms with E-state index in [9.17, 15) is 13.5 Å². The van der Waals surface area contributed by atoms with Crippen LogP contribution >= 0.6 is 0 Å². The number of H-pyrrole nitrogens is 1. The zero-order valence-corrected chi connectivity index (χ0v) is 21.4. The topological polar surface area (TPSA) is 130 Å². The Hall–Kier alpha value is -3.76. The molecule has 36 heavy (non-hydrogen) atoms. The summed E-state index contributed by atoms with van der Waals surface area (Å²) in [5.41, 5.74) is 2.21. The third-order valence-electron chi connectivity index (χ3n) is 5.42. The van der Waals surface area contributed by atoms with Crippen LogP contribution in [0.1, 0.15) is 38.8 Å². The average molecular weight is 508 g/mol. The summed E-state index contributed by atoms with van der Waals surface area (Å²) in [6.07, 6.45) is 3.29. The van der Waals surface area contributed by atoms with Gasteiger partial charge in [0.25, 0.3) is 10.0 Å². The van der Waals surface area contributed by atoms with Crippen molar-refractivity contribution in [1.82, 2.24) is 20.2 Å². The molecular weight excluding hydrogens is 478 g/mol. The van der Waals surface area contributed by atoms with Crippen LogP contribution in [0, 0.1) is 5.92 Å². The lowest BCUT2D eigenvalue weighted by atomic mass is 9.96. The first-order chi connectivity index (χ1) is 17.0. The zero-order valence-electron chi connectivity index (χ0n) is 20.6. The molecule has 9 nitrogen and oxygen atoms in total. The molecule has 0 saturated heterocycles. The second kappa shape index (κ2) is 10.1. The van der Waals surface area contributed by atoms with E-state index in [0.29, 0.717) is 17.4 Å². The second-order valence-electron chi connectivity index (χ2n) is 9.40. The Kier molecular flexibility index (Phi) is 7.09. The number of aromatic nitrogens is 4. The van der Waals surface area contributed by atoms with Crippen molar-refractivity contribution in [2.45, 2.75) is 44.6 Å². The molecule has 3 N–H and O–H groups in total. The van der Waals surface area contributed by atoms with Crippen LogP contribution in [0.4, 0.5) is 5.95 Å². The summed E-state index contributed by atoms with van der Waals surface area (Å²) >= 11 is 0. The predicted molar refractivity (Wildman–Crippen MR) is 137 cm³/mol. The SMILES string of the molecule is CC(C)Cc1ccccc1-c1cc(Oc2ccc(C(C)(C)O)cc2)nc(NS(=O)(=O)c2cn[nH]c2)n1. The number of ether oxygens (including phenoxy) is 1. The molecule has 0 aliphatic heterocycles. The van der Waals surface area contributed by atoms with Gasteiger partial charge in [0.2, 0.25) is 11.8 Å². The van der Waals surface area contributed by atoms with Crippen LogP contribution < -0.4 is 9.46 Å². The summed E-state index contributed by atoms with van der Waals surface area (Å²) in [4.78, 5) is 8.78. The molecule has 0 saturated carbocycles. The van der Waals surface area contributed by atoms with Crippen LogP contribution in [-0.4, -0.2) is 33.7 Å². The summed E-state index contributed by atoms with van der Waals surface area (Å²) < 4.78 is 34.0. The van der Waals surface area contributed by atoms with Gasteiger partial charge < -0.3 is 9.84 Å². The summed E-state index contributed by atoms with van der Waals surface area (Å²) in [7, 11) is -3.96. The lowest BCUT2D eigenvalue weighted by Crippen LogP contribution is -2.15. The number of sulfonamides is 1. The van der Waals surface area contributed by atoms with Crippen molar-refractivity contribution in [3.8, 4) is 22.9 Å². The molecule has 2 aromatic carbocycles. The highest BCUT2D eigenvalue weighted by atomic mass is 32.2. The Morgan fingerprint density at radius 1 is 1.08 bits per heavy atom. The van der Waals surface area contributed by atoms with Crippen LogP contribution in [0.25, 0.3) is 11.3 Å². The van der Waals surface area contributed by atoms with Crippen molar-refractivity contribution >= 4 is 16.0 Å². The fourth-order valence-corrected chi connectivity index (χ4v) is 4.51. The standard InChI is InChI=1S/C26H29N5O4S/c1-17(2)13-18-7-5-6-8-22(18)23-14-24(35-20-11-9-19(10-12-20)26(3,4)32)30-25(29-23)31-36(33,34)21-15-27-28-16-21/h5-12,14-17,32H,13H2,1-4H3,(H,27,28)(H,29,30,31). The Morgan fingerprint density at radius 3 is 2.44 bits per heavy atom. The largest absolute Gasteiger partial charge is 0.439 e. The van der Waals surface area contributed by atoms with Crippen LogP contribution in [-0.2, 0) is 22.0 Å². The normalized spacial score (nSPS) is 12.1. The van der Waals surface area contributed by atoms with Gasteiger partial charge in [-0.15, -0.1) is 0 Å². The third-order valence-corrected chi connectivity index (χ3v) is 6.71. The first kappa shape index (κ1) is 25.3. The highest BCUT2D eigenvalue weighted by molar-refractivity contribution is 7.92. The Morgan fingerprint density at radius 2 is 1.81 bits per heavy atom. The van der Waals surface area contributed by atoms with E-state index >= 15 is 0 Å². The highest BCUT2D eigenvalue weighted by Crippen LogP contribution is 2.31. The van der Waals surface area contributed by atoms with Gasteiger partial charge in [0.15, 0.2) is 0 Å². The predicted octanol–water partition coefficient (Wildman–Crippen LogP) is 4.89. The number of benzene rings is 2. The summed E-state index contributed by atoms with van der Waals surface area (Å²) in [6.45, 7) is 7.67. The van der Waals surface area contributed by atoms with Crippen molar-refractivity contribution in [3.05, 3.63) is 78.1 Å². The van der Waals surface area contributed by atoms with Crippen LogP contribution in [0.5, 0.6) is 11.6 Å². The van der Waals surface area contributed by atoms with E-state index in [1.54, 1.807) is 44.2 Å². The number of aliphatic hydroxyl groups is 1. The molecule has 0 fully saturated rings. The molecule has 10 heteroatoms. The number of hydrogen-bond acceptors (Lipinski definition) is 7. The number of anilines is 1. The maximum Gasteiger partial charge on any atom is 0.267 e. The van der Waals surface area contributed by atoms with Gasteiger partial charge in [0.1, 0.15) is 10.6 Å². The number of nitrogens with zero attached hydrogens (tertiary/aromatic N) is 3. The van der Waals surface area contributed by atoms with Gasteiger partial charge in [0.05, 0.1) is 17.5 Å². The molecule has 0 radical (unpaired) electrons. The third kappa shape index (κ3) is 6.07. The van der Waals surface area contributed by atoms with E-state index in [1.165, 1.54) is 12.4 Å². The van der Waals surface area contributed by atoms with Crippen molar-refractivity contribution < 1.29 is 18.3 Å². The van der Waals surface area contributed by atoms with E-state index < -0.39 is 15.6 Å². The van der Waals surface area contributed by atoms with E-state index in [2.05, 4.69) is 38.7 Å². The minimum absolute atomic E-state index is 0.0404. The Balaban J connectivity index is 1.75. The first-order valence-corrected chi connectivity index (χ1v) is 13.0. The van der Waals surface area contributed by atoms with Gasteiger partial charge in [0, 0.05) is 17.8 Å². The molecule has 0 atom stereocenters. The molecule has 0 unspecified atom stereocenters. The van der Waals surface area contributed by atoms with Gasteiger partial charge in [-0.05, 0) is 49.4 Å². The molecular formula is C26H29N5O4S. The van der Waals surface area contributed by atoms with Crippen LogP contribution in [0.3, 0.4) is 0 Å². The molecule has 0 amide bonds. The van der Waals surface area contributed by atoms with E-state index in [1.807, 2.05) is 24.3 Å². The minimum Gasteiger partial charge on any atom is -0.439 e. The van der Waals surface area contributed by atoms with E-state index in [0.717, 1.165) is 23.1 Å². The first-order valence-electron chi connectivity index (χ1n) is 11.5. The summed E-state index contributed by atoms with van der Waals surface area (Å²) in [5.74, 6) is 0.931. The number of rotatable bonds is 9. The average Bonchev–Trinajstić information content (AvgIpc) is 3.35. The van der Waals surface area contributed by atoms with Crippen LogP contribution in [0.2, 0.25) is 0 Å². The highest BCUT2D eigenvalue weighted by Gasteiger charge is 2.20. The molecule has 2 heterocycles. The van der Waals surface area contributed by atoms with Crippen molar-refractivity contribution in [3.63, 3.8) is 0 Å². The Labute approximate surface area is 210 Å². The number of aromatic amines is 1. The Bertz CT molecular complexity index is 1430. The molecule has 0 aliphatic carbocycles. The lowest BCUT2D eigenvalue weighted by molar-refractivity contribution is 0.0785. The zero-order chi connectivity index (χ0) is 25.9. The molecule has 188 valence electrons. The number of hydrogen-bond donors (Lipinski definition) is 3.